The Balaban J connectivity index is 2.50. The standard InChI is InChI=1S/C13H18Br2N2O3S/c14-11-6-9(16)7-12(15)13(11)21(19,20)17-5-3-1-2-4-10(17)8-18/h6-7,10,18H,1-5,8,16H2. The number of benzene rings is 1. The van der Waals surface area contributed by atoms with Gasteiger partial charge in [0.2, 0.25) is 10.0 Å². The molecule has 1 fully saturated rings. The summed E-state index contributed by atoms with van der Waals surface area (Å²) in [5, 5.41) is 9.53. The summed E-state index contributed by atoms with van der Waals surface area (Å²) in [5.74, 6) is 0. The van der Waals surface area contributed by atoms with E-state index in [9.17, 15) is 13.5 Å². The molecule has 1 heterocycles. The summed E-state index contributed by atoms with van der Waals surface area (Å²) in [6.45, 7) is 0.264. The molecular formula is C13H18Br2N2O3S. The van der Waals surface area contributed by atoms with Gasteiger partial charge in [0, 0.05) is 27.2 Å². The molecule has 1 unspecified atom stereocenters. The fourth-order valence-corrected chi connectivity index (χ4v) is 6.82. The molecule has 21 heavy (non-hydrogen) atoms. The molecule has 0 aliphatic carbocycles. The number of sulfonamides is 1. The molecule has 0 spiro atoms. The van der Waals surface area contributed by atoms with Crippen LogP contribution in [0.25, 0.3) is 0 Å². The van der Waals surface area contributed by atoms with Crippen molar-refractivity contribution in [2.75, 3.05) is 18.9 Å². The van der Waals surface area contributed by atoms with E-state index in [0.29, 0.717) is 27.6 Å². The van der Waals surface area contributed by atoms with Crippen molar-refractivity contribution in [2.24, 2.45) is 0 Å². The highest BCUT2D eigenvalue weighted by molar-refractivity contribution is 9.11. The predicted octanol–water partition coefficient (Wildman–Crippen LogP) is 2.72. The van der Waals surface area contributed by atoms with Crippen molar-refractivity contribution in [1.29, 1.82) is 0 Å². The predicted molar refractivity (Wildman–Crippen MR) is 89.5 cm³/mol. The van der Waals surface area contributed by atoms with E-state index in [2.05, 4.69) is 31.9 Å². The van der Waals surface area contributed by atoms with Crippen LogP contribution < -0.4 is 5.73 Å². The SMILES string of the molecule is Nc1cc(Br)c(S(=O)(=O)N2CCCCCC2CO)c(Br)c1. The number of nitrogen functional groups attached to an aromatic ring is 1. The number of aliphatic hydroxyl groups excluding tert-OH is 1. The van der Waals surface area contributed by atoms with Crippen LogP contribution in [0.5, 0.6) is 0 Å². The Morgan fingerprint density at radius 3 is 2.43 bits per heavy atom. The van der Waals surface area contributed by atoms with E-state index >= 15 is 0 Å². The second-order valence-corrected chi connectivity index (χ2v) is 8.65. The summed E-state index contributed by atoms with van der Waals surface area (Å²) in [5.41, 5.74) is 6.19. The molecule has 1 saturated heterocycles. The molecule has 2 rings (SSSR count). The molecule has 5 nitrogen and oxygen atoms in total. The van der Waals surface area contributed by atoms with Gasteiger partial charge < -0.3 is 10.8 Å². The van der Waals surface area contributed by atoms with Crippen molar-refractivity contribution in [3.63, 3.8) is 0 Å². The summed E-state index contributed by atoms with van der Waals surface area (Å²) in [6.07, 6.45) is 3.40. The average molecular weight is 442 g/mol. The second-order valence-electron chi connectivity index (χ2n) is 5.12. The topological polar surface area (TPSA) is 83.6 Å². The maximum absolute atomic E-state index is 13.0. The van der Waals surface area contributed by atoms with Crippen LogP contribution in [0.3, 0.4) is 0 Å². The number of hydrogen-bond donors (Lipinski definition) is 2. The molecule has 118 valence electrons. The zero-order chi connectivity index (χ0) is 15.6. The number of rotatable bonds is 3. The highest BCUT2D eigenvalue weighted by atomic mass is 79.9. The molecule has 0 bridgehead atoms. The highest BCUT2D eigenvalue weighted by Crippen LogP contribution is 2.36. The van der Waals surface area contributed by atoms with Crippen LogP contribution in [-0.4, -0.2) is 37.0 Å². The summed E-state index contributed by atoms with van der Waals surface area (Å²) in [4.78, 5) is 0.164. The smallest absolute Gasteiger partial charge is 0.245 e. The lowest BCUT2D eigenvalue weighted by molar-refractivity contribution is 0.186. The molecule has 1 aromatic carbocycles. The summed E-state index contributed by atoms with van der Waals surface area (Å²) in [6, 6.07) is 2.78. The van der Waals surface area contributed by atoms with Gasteiger partial charge in [-0.1, -0.05) is 12.8 Å². The molecule has 1 atom stereocenters. The van der Waals surface area contributed by atoms with Gasteiger partial charge in [-0.2, -0.15) is 4.31 Å². The monoisotopic (exact) mass is 440 g/mol. The van der Waals surface area contributed by atoms with Crippen LogP contribution in [0.1, 0.15) is 25.7 Å². The molecule has 0 saturated carbocycles. The van der Waals surface area contributed by atoms with Crippen molar-refractivity contribution in [3.8, 4) is 0 Å². The third-order valence-electron chi connectivity index (χ3n) is 3.62. The molecule has 1 aliphatic rings. The van der Waals surface area contributed by atoms with E-state index in [4.69, 9.17) is 5.73 Å². The quantitative estimate of drug-likeness (QED) is 0.706. The Labute approximate surface area is 141 Å². The van der Waals surface area contributed by atoms with E-state index < -0.39 is 10.0 Å². The van der Waals surface area contributed by atoms with Crippen molar-refractivity contribution in [3.05, 3.63) is 21.1 Å². The van der Waals surface area contributed by atoms with Gasteiger partial charge in [-0.15, -0.1) is 0 Å². The van der Waals surface area contributed by atoms with Gasteiger partial charge in [0.15, 0.2) is 0 Å². The number of nitrogens with zero attached hydrogens (tertiary/aromatic N) is 1. The first-order valence-corrected chi connectivity index (χ1v) is 9.77. The van der Waals surface area contributed by atoms with E-state index in [1.54, 1.807) is 12.1 Å². The van der Waals surface area contributed by atoms with Gasteiger partial charge >= 0.3 is 0 Å². The van der Waals surface area contributed by atoms with Gasteiger partial charge in [0.1, 0.15) is 4.90 Å². The molecule has 0 aromatic heterocycles. The first-order chi connectivity index (χ1) is 9.87. The number of anilines is 1. The summed E-state index contributed by atoms with van der Waals surface area (Å²) >= 11 is 6.57. The highest BCUT2D eigenvalue weighted by Gasteiger charge is 2.34. The van der Waals surface area contributed by atoms with Crippen molar-refractivity contribution >= 4 is 47.6 Å². The molecular weight excluding hydrogens is 424 g/mol. The molecule has 0 radical (unpaired) electrons. The Hall–Kier alpha value is -0.150. The van der Waals surface area contributed by atoms with Crippen LogP contribution in [-0.2, 0) is 10.0 Å². The van der Waals surface area contributed by atoms with Crippen molar-refractivity contribution in [2.45, 2.75) is 36.6 Å². The Morgan fingerprint density at radius 2 is 1.86 bits per heavy atom. The van der Waals surface area contributed by atoms with Gasteiger partial charge in [0.05, 0.1) is 6.61 Å². The third-order valence-corrected chi connectivity index (χ3v) is 7.45. The van der Waals surface area contributed by atoms with Crippen LogP contribution >= 0.6 is 31.9 Å². The van der Waals surface area contributed by atoms with Gasteiger partial charge in [-0.25, -0.2) is 8.42 Å². The normalized spacial score (nSPS) is 21.2. The average Bonchev–Trinajstić information content (AvgIpc) is 2.62. The lowest BCUT2D eigenvalue weighted by atomic mass is 10.1. The number of aliphatic hydroxyl groups is 1. The fourth-order valence-electron chi connectivity index (χ4n) is 2.59. The molecule has 1 aliphatic heterocycles. The van der Waals surface area contributed by atoms with Gasteiger partial charge in [0.25, 0.3) is 0 Å². The van der Waals surface area contributed by atoms with Crippen LogP contribution in [0.2, 0.25) is 0 Å². The Kier molecular flexibility index (Phi) is 5.70. The largest absolute Gasteiger partial charge is 0.399 e. The van der Waals surface area contributed by atoms with E-state index in [1.165, 1.54) is 4.31 Å². The summed E-state index contributed by atoms with van der Waals surface area (Å²) < 4.78 is 28.2. The lowest BCUT2D eigenvalue weighted by Gasteiger charge is -2.28. The minimum atomic E-state index is -3.70. The Bertz CT molecular complexity index is 599. The molecule has 0 amide bonds. The second kappa shape index (κ2) is 6.95. The number of hydrogen-bond acceptors (Lipinski definition) is 4. The van der Waals surface area contributed by atoms with Crippen LogP contribution in [0.4, 0.5) is 5.69 Å². The molecule has 3 N–H and O–H groups in total. The first kappa shape index (κ1) is 17.2. The van der Waals surface area contributed by atoms with Crippen LogP contribution in [0, 0.1) is 0 Å². The van der Waals surface area contributed by atoms with Gasteiger partial charge in [-0.05, 0) is 56.8 Å². The minimum Gasteiger partial charge on any atom is -0.399 e. The van der Waals surface area contributed by atoms with E-state index in [0.717, 1.165) is 19.3 Å². The van der Waals surface area contributed by atoms with Crippen molar-refractivity contribution < 1.29 is 13.5 Å². The Morgan fingerprint density at radius 1 is 1.24 bits per heavy atom. The van der Waals surface area contributed by atoms with Crippen molar-refractivity contribution in [1.82, 2.24) is 4.31 Å². The zero-order valence-electron chi connectivity index (χ0n) is 11.4. The van der Waals surface area contributed by atoms with E-state index in [1.807, 2.05) is 0 Å². The molecule has 1 aromatic rings. The van der Waals surface area contributed by atoms with Gasteiger partial charge in [-0.3, -0.25) is 0 Å². The maximum Gasteiger partial charge on any atom is 0.245 e. The minimum absolute atomic E-state index is 0.163. The molecule has 8 heteroatoms. The maximum atomic E-state index is 13.0. The summed E-state index contributed by atoms with van der Waals surface area (Å²) in [7, 11) is -3.70. The zero-order valence-corrected chi connectivity index (χ0v) is 15.4. The number of nitrogens with two attached hydrogens (primary N) is 1. The lowest BCUT2D eigenvalue weighted by Crippen LogP contribution is -2.42. The van der Waals surface area contributed by atoms with Crippen LogP contribution in [0.15, 0.2) is 26.0 Å². The van der Waals surface area contributed by atoms with E-state index in [-0.39, 0.29) is 17.5 Å². The number of halogens is 2. The fraction of sp³-hybridized carbons (Fsp3) is 0.538. The first-order valence-electron chi connectivity index (χ1n) is 6.75. The third kappa shape index (κ3) is 3.61.